The van der Waals surface area contributed by atoms with Crippen LogP contribution in [0.3, 0.4) is 0 Å². The molecule has 1 fully saturated rings. The van der Waals surface area contributed by atoms with Crippen LogP contribution in [0.25, 0.3) is 11.1 Å². The second kappa shape index (κ2) is 4.94. The average Bonchev–Trinajstić information content (AvgIpc) is 3.09. The molecule has 0 saturated heterocycles. The largest absolute Gasteiger partial charge is 0.441 e. The van der Waals surface area contributed by atoms with Crippen LogP contribution in [-0.2, 0) is 6.42 Å². The van der Waals surface area contributed by atoms with E-state index < -0.39 is 0 Å². The fourth-order valence-corrected chi connectivity index (χ4v) is 2.46. The van der Waals surface area contributed by atoms with Gasteiger partial charge in [0, 0.05) is 13.5 Å². The molecule has 1 aliphatic carbocycles. The summed E-state index contributed by atoms with van der Waals surface area (Å²) in [7, 11) is 0. The van der Waals surface area contributed by atoms with Crippen molar-refractivity contribution in [2.75, 3.05) is 19.6 Å². The Morgan fingerprint density at radius 1 is 1.42 bits per heavy atom. The van der Waals surface area contributed by atoms with Gasteiger partial charge in [-0.15, -0.1) is 0 Å². The van der Waals surface area contributed by atoms with Crippen molar-refractivity contribution in [3.8, 4) is 0 Å². The summed E-state index contributed by atoms with van der Waals surface area (Å²) in [6.45, 7) is 4.73. The van der Waals surface area contributed by atoms with Gasteiger partial charge >= 0.3 is 0 Å². The highest BCUT2D eigenvalue weighted by molar-refractivity contribution is 5.73. The van der Waals surface area contributed by atoms with E-state index >= 15 is 0 Å². The molecular formula is C15H21N3O. The van der Waals surface area contributed by atoms with Crippen molar-refractivity contribution in [1.82, 2.24) is 10.3 Å². The molecule has 2 aromatic rings. The second-order valence-corrected chi connectivity index (χ2v) is 5.67. The molecule has 0 bridgehead atoms. The van der Waals surface area contributed by atoms with E-state index in [4.69, 9.17) is 10.2 Å². The first kappa shape index (κ1) is 12.6. The Bertz CT molecular complexity index is 572. The van der Waals surface area contributed by atoms with Crippen molar-refractivity contribution in [3.05, 3.63) is 29.7 Å². The van der Waals surface area contributed by atoms with Gasteiger partial charge in [0.05, 0.1) is 0 Å². The van der Waals surface area contributed by atoms with E-state index in [2.05, 4.69) is 22.4 Å². The molecule has 0 spiro atoms. The number of hydrogen-bond acceptors (Lipinski definition) is 4. The summed E-state index contributed by atoms with van der Waals surface area (Å²) >= 11 is 0. The summed E-state index contributed by atoms with van der Waals surface area (Å²) in [6.07, 6.45) is 3.57. The number of nitrogens with zero attached hydrogens (tertiary/aromatic N) is 1. The first-order chi connectivity index (χ1) is 9.21. The molecule has 102 valence electrons. The molecule has 1 aromatic heterocycles. The summed E-state index contributed by atoms with van der Waals surface area (Å²) in [5.41, 5.74) is 9.30. The van der Waals surface area contributed by atoms with E-state index in [9.17, 15) is 0 Å². The number of nitrogens with two attached hydrogens (primary N) is 1. The van der Waals surface area contributed by atoms with Crippen molar-refractivity contribution < 1.29 is 4.42 Å². The maximum absolute atomic E-state index is 5.77. The monoisotopic (exact) mass is 259 g/mol. The van der Waals surface area contributed by atoms with Crippen molar-refractivity contribution in [1.29, 1.82) is 0 Å². The number of benzene rings is 1. The highest BCUT2D eigenvalue weighted by Crippen LogP contribution is 2.43. The lowest BCUT2D eigenvalue weighted by Crippen LogP contribution is -2.30. The van der Waals surface area contributed by atoms with Crippen LogP contribution in [0.4, 0.5) is 0 Å². The van der Waals surface area contributed by atoms with E-state index in [1.165, 1.54) is 18.4 Å². The van der Waals surface area contributed by atoms with Gasteiger partial charge in [-0.3, -0.25) is 0 Å². The SMILES string of the molecule is Cc1nc2cc(CCNCC3(CN)CC3)ccc2o1. The molecule has 1 saturated carbocycles. The fraction of sp³-hybridized carbons (Fsp3) is 0.533. The molecule has 0 radical (unpaired) electrons. The number of hydrogen-bond donors (Lipinski definition) is 2. The van der Waals surface area contributed by atoms with Gasteiger partial charge in [0.1, 0.15) is 5.52 Å². The van der Waals surface area contributed by atoms with Crippen molar-refractivity contribution in [2.24, 2.45) is 11.1 Å². The predicted molar refractivity (Wildman–Crippen MR) is 76.0 cm³/mol. The molecule has 4 heteroatoms. The van der Waals surface area contributed by atoms with Crippen molar-refractivity contribution in [2.45, 2.75) is 26.2 Å². The quantitative estimate of drug-likeness (QED) is 0.779. The molecule has 3 rings (SSSR count). The maximum Gasteiger partial charge on any atom is 0.192 e. The van der Waals surface area contributed by atoms with E-state index in [1.807, 2.05) is 13.0 Å². The molecule has 0 unspecified atom stereocenters. The normalized spacial score (nSPS) is 16.9. The van der Waals surface area contributed by atoms with Gasteiger partial charge < -0.3 is 15.5 Å². The van der Waals surface area contributed by atoms with E-state index in [-0.39, 0.29) is 0 Å². The van der Waals surface area contributed by atoms with Gasteiger partial charge in [0.25, 0.3) is 0 Å². The molecule has 3 N–H and O–H groups in total. The zero-order valence-electron chi connectivity index (χ0n) is 11.4. The molecule has 0 atom stereocenters. The third-order valence-corrected chi connectivity index (χ3v) is 4.04. The molecule has 0 amide bonds. The van der Waals surface area contributed by atoms with Gasteiger partial charge in [0.15, 0.2) is 11.5 Å². The highest BCUT2D eigenvalue weighted by Gasteiger charge is 2.40. The summed E-state index contributed by atoms with van der Waals surface area (Å²) in [4.78, 5) is 4.36. The van der Waals surface area contributed by atoms with Gasteiger partial charge in [-0.2, -0.15) is 0 Å². The number of nitrogens with one attached hydrogen (secondary N) is 1. The third kappa shape index (κ3) is 2.80. The smallest absolute Gasteiger partial charge is 0.192 e. The van der Waals surface area contributed by atoms with E-state index in [0.717, 1.165) is 43.0 Å². The molecule has 1 heterocycles. The number of fused-ring (bicyclic) bond motifs is 1. The fourth-order valence-electron chi connectivity index (χ4n) is 2.46. The zero-order valence-corrected chi connectivity index (χ0v) is 11.4. The first-order valence-corrected chi connectivity index (χ1v) is 6.98. The summed E-state index contributed by atoms with van der Waals surface area (Å²) < 4.78 is 5.48. The van der Waals surface area contributed by atoms with Gasteiger partial charge in [-0.05, 0) is 55.5 Å². The van der Waals surface area contributed by atoms with Crippen LogP contribution < -0.4 is 11.1 Å². The summed E-state index contributed by atoms with van der Waals surface area (Å²) in [5.74, 6) is 0.726. The van der Waals surface area contributed by atoms with Crippen LogP contribution in [0.15, 0.2) is 22.6 Å². The minimum atomic E-state index is 0.410. The van der Waals surface area contributed by atoms with Gasteiger partial charge in [0.2, 0.25) is 0 Å². The number of rotatable bonds is 6. The maximum atomic E-state index is 5.77. The first-order valence-electron chi connectivity index (χ1n) is 6.98. The summed E-state index contributed by atoms with van der Waals surface area (Å²) in [6, 6.07) is 6.24. The summed E-state index contributed by atoms with van der Waals surface area (Å²) in [5, 5.41) is 3.52. The van der Waals surface area contributed by atoms with E-state index in [1.54, 1.807) is 0 Å². The minimum Gasteiger partial charge on any atom is -0.441 e. The lowest BCUT2D eigenvalue weighted by Gasteiger charge is -2.13. The Kier molecular flexibility index (Phi) is 3.29. The lowest BCUT2D eigenvalue weighted by atomic mass is 10.1. The van der Waals surface area contributed by atoms with Crippen molar-refractivity contribution in [3.63, 3.8) is 0 Å². The van der Waals surface area contributed by atoms with Crippen LogP contribution in [-0.4, -0.2) is 24.6 Å². The number of oxazole rings is 1. The Morgan fingerprint density at radius 3 is 3.00 bits per heavy atom. The second-order valence-electron chi connectivity index (χ2n) is 5.67. The molecule has 19 heavy (non-hydrogen) atoms. The zero-order chi connectivity index (χ0) is 13.3. The molecule has 4 nitrogen and oxygen atoms in total. The minimum absolute atomic E-state index is 0.410. The van der Waals surface area contributed by atoms with Gasteiger partial charge in [-0.1, -0.05) is 6.07 Å². The topological polar surface area (TPSA) is 64.1 Å². The van der Waals surface area contributed by atoms with Crippen LogP contribution in [0.5, 0.6) is 0 Å². The molecule has 1 aliphatic rings. The number of aryl methyl sites for hydroxylation is 1. The lowest BCUT2D eigenvalue weighted by molar-refractivity contribution is 0.470. The third-order valence-electron chi connectivity index (χ3n) is 4.04. The van der Waals surface area contributed by atoms with Crippen LogP contribution in [0.2, 0.25) is 0 Å². The molecule has 1 aromatic carbocycles. The Hall–Kier alpha value is -1.39. The Morgan fingerprint density at radius 2 is 2.26 bits per heavy atom. The molecule has 0 aliphatic heterocycles. The van der Waals surface area contributed by atoms with Gasteiger partial charge in [-0.25, -0.2) is 4.98 Å². The average molecular weight is 259 g/mol. The standard InChI is InChI=1S/C15H21N3O/c1-11-18-13-8-12(2-3-14(13)19-11)4-7-17-10-15(9-16)5-6-15/h2-3,8,17H,4-7,9-10,16H2,1H3. The van der Waals surface area contributed by atoms with Crippen LogP contribution in [0.1, 0.15) is 24.3 Å². The van der Waals surface area contributed by atoms with Crippen LogP contribution in [0, 0.1) is 12.3 Å². The highest BCUT2D eigenvalue weighted by atomic mass is 16.3. The van der Waals surface area contributed by atoms with Crippen LogP contribution >= 0.6 is 0 Å². The van der Waals surface area contributed by atoms with E-state index in [0.29, 0.717) is 5.41 Å². The number of aromatic nitrogens is 1. The molecular weight excluding hydrogens is 238 g/mol. The Labute approximate surface area is 113 Å². The predicted octanol–water partition coefficient (Wildman–Crippen LogP) is 2.01. The van der Waals surface area contributed by atoms with Crippen molar-refractivity contribution >= 4 is 11.1 Å². The Balaban J connectivity index is 1.53.